The molecule has 0 bridgehead atoms. The Labute approximate surface area is 151 Å². The van der Waals surface area contributed by atoms with Gasteiger partial charge in [-0.15, -0.1) is 0 Å². The fourth-order valence-corrected chi connectivity index (χ4v) is 2.72. The predicted molar refractivity (Wildman–Crippen MR) is 96.9 cm³/mol. The molecule has 0 saturated heterocycles. The molecule has 0 fully saturated rings. The summed E-state index contributed by atoms with van der Waals surface area (Å²) < 4.78 is 5.94. The number of hydrogen-bond acceptors (Lipinski definition) is 4. The van der Waals surface area contributed by atoms with Gasteiger partial charge in [0.2, 0.25) is 5.91 Å². The molecule has 0 radical (unpaired) electrons. The van der Waals surface area contributed by atoms with Gasteiger partial charge in [-0.3, -0.25) is 14.7 Å². The van der Waals surface area contributed by atoms with E-state index in [4.69, 9.17) is 21.6 Å². The SMILES string of the molecule is Cc1cc(OCC2=NCC(=O)N2C)c(-c2cccc(C#N)c2)cc1Cl. The molecular weight excluding hydrogens is 338 g/mol. The molecule has 0 atom stereocenters. The maximum absolute atomic E-state index is 11.6. The summed E-state index contributed by atoms with van der Waals surface area (Å²) in [5.41, 5.74) is 3.08. The van der Waals surface area contributed by atoms with Gasteiger partial charge in [-0.25, -0.2) is 0 Å². The quantitative estimate of drug-likeness (QED) is 0.845. The van der Waals surface area contributed by atoms with Gasteiger partial charge in [0, 0.05) is 17.6 Å². The van der Waals surface area contributed by atoms with Crippen LogP contribution < -0.4 is 4.74 Å². The molecular formula is C19H16ClN3O2. The van der Waals surface area contributed by atoms with Crippen LogP contribution >= 0.6 is 11.6 Å². The average Bonchev–Trinajstić information content (AvgIpc) is 2.94. The van der Waals surface area contributed by atoms with Crippen LogP contribution in [0.1, 0.15) is 11.1 Å². The topological polar surface area (TPSA) is 65.7 Å². The van der Waals surface area contributed by atoms with Gasteiger partial charge in [0.15, 0.2) is 0 Å². The first-order valence-electron chi connectivity index (χ1n) is 7.73. The van der Waals surface area contributed by atoms with E-state index in [-0.39, 0.29) is 19.1 Å². The van der Waals surface area contributed by atoms with E-state index >= 15 is 0 Å². The zero-order chi connectivity index (χ0) is 18.0. The number of benzene rings is 2. The summed E-state index contributed by atoms with van der Waals surface area (Å²) in [7, 11) is 1.68. The van der Waals surface area contributed by atoms with Gasteiger partial charge in [0.05, 0.1) is 11.6 Å². The fourth-order valence-electron chi connectivity index (χ4n) is 2.56. The summed E-state index contributed by atoms with van der Waals surface area (Å²) in [4.78, 5) is 17.2. The lowest BCUT2D eigenvalue weighted by molar-refractivity contribution is -0.124. The number of ether oxygens (including phenoxy) is 1. The average molecular weight is 354 g/mol. The number of carbonyl (C=O) groups is 1. The summed E-state index contributed by atoms with van der Waals surface area (Å²) in [6.45, 7) is 2.24. The molecule has 1 aliphatic heterocycles. The van der Waals surface area contributed by atoms with Crippen molar-refractivity contribution in [2.24, 2.45) is 4.99 Å². The van der Waals surface area contributed by atoms with Crippen molar-refractivity contribution in [1.82, 2.24) is 4.90 Å². The minimum Gasteiger partial charge on any atom is -0.485 e. The van der Waals surface area contributed by atoms with Gasteiger partial charge in [0.1, 0.15) is 24.7 Å². The first-order chi connectivity index (χ1) is 12.0. The van der Waals surface area contributed by atoms with Crippen molar-refractivity contribution in [3.05, 3.63) is 52.5 Å². The van der Waals surface area contributed by atoms with Crippen LogP contribution in [0.15, 0.2) is 41.4 Å². The molecule has 1 amide bonds. The van der Waals surface area contributed by atoms with Gasteiger partial charge in [-0.1, -0.05) is 23.7 Å². The summed E-state index contributed by atoms with van der Waals surface area (Å²) in [6.07, 6.45) is 0. The molecule has 3 rings (SSSR count). The lowest BCUT2D eigenvalue weighted by Gasteiger charge is -2.16. The molecule has 1 heterocycles. The zero-order valence-electron chi connectivity index (χ0n) is 13.9. The molecule has 0 spiro atoms. The first-order valence-corrected chi connectivity index (χ1v) is 8.10. The molecule has 2 aromatic carbocycles. The molecule has 0 saturated carbocycles. The third-order valence-electron chi connectivity index (χ3n) is 4.08. The number of nitriles is 1. The maximum atomic E-state index is 11.6. The molecule has 6 heteroatoms. The fraction of sp³-hybridized carbons (Fsp3) is 0.211. The Bertz CT molecular complexity index is 915. The van der Waals surface area contributed by atoms with Crippen LogP contribution in [0.3, 0.4) is 0 Å². The van der Waals surface area contributed by atoms with Crippen LogP contribution in [0.5, 0.6) is 5.75 Å². The van der Waals surface area contributed by atoms with Crippen molar-refractivity contribution < 1.29 is 9.53 Å². The smallest absolute Gasteiger partial charge is 0.249 e. The van der Waals surface area contributed by atoms with Crippen molar-refractivity contribution >= 4 is 23.3 Å². The first kappa shape index (κ1) is 17.0. The van der Waals surface area contributed by atoms with Gasteiger partial charge >= 0.3 is 0 Å². The highest BCUT2D eigenvalue weighted by Crippen LogP contribution is 2.35. The van der Waals surface area contributed by atoms with E-state index in [0.29, 0.717) is 22.2 Å². The number of aryl methyl sites for hydroxylation is 1. The molecule has 1 aliphatic rings. The number of carbonyl (C=O) groups excluding carboxylic acids is 1. The Hall–Kier alpha value is -2.84. The number of aliphatic imine (C=N–C) groups is 1. The van der Waals surface area contributed by atoms with E-state index in [9.17, 15) is 4.79 Å². The Morgan fingerprint density at radius 2 is 2.16 bits per heavy atom. The molecule has 25 heavy (non-hydrogen) atoms. The van der Waals surface area contributed by atoms with Gasteiger partial charge in [0.25, 0.3) is 0 Å². The Morgan fingerprint density at radius 1 is 1.36 bits per heavy atom. The van der Waals surface area contributed by atoms with E-state index in [1.165, 1.54) is 4.90 Å². The van der Waals surface area contributed by atoms with E-state index in [1.54, 1.807) is 19.2 Å². The molecule has 0 aliphatic carbocycles. The van der Waals surface area contributed by atoms with Crippen molar-refractivity contribution in [1.29, 1.82) is 5.26 Å². The van der Waals surface area contributed by atoms with E-state index in [1.807, 2.05) is 31.2 Å². The van der Waals surface area contributed by atoms with Gasteiger partial charge in [-0.2, -0.15) is 5.26 Å². The second kappa shape index (κ2) is 6.96. The van der Waals surface area contributed by atoms with Gasteiger partial charge < -0.3 is 4.74 Å². The van der Waals surface area contributed by atoms with Crippen LogP contribution in [0.2, 0.25) is 5.02 Å². The van der Waals surface area contributed by atoms with Crippen LogP contribution in [0, 0.1) is 18.3 Å². The monoisotopic (exact) mass is 353 g/mol. The van der Waals surface area contributed by atoms with Crippen LogP contribution in [0.25, 0.3) is 11.1 Å². The summed E-state index contributed by atoms with van der Waals surface area (Å²) in [5, 5.41) is 9.74. The number of amides is 1. The molecule has 126 valence electrons. The third kappa shape index (κ3) is 3.49. The minimum atomic E-state index is -0.0483. The molecule has 0 aromatic heterocycles. The minimum absolute atomic E-state index is 0.0483. The number of hydrogen-bond donors (Lipinski definition) is 0. The van der Waals surface area contributed by atoms with E-state index < -0.39 is 0 Å². The molecule has 2 aromatic rings. The van der Waals surface area contributed by atoms with E-state index in [2.05, 4.69) is 11.1 Å². The normalized spacial score (nSPS) is 13.6. The Balaban J connectivity index is 1.94. The zero-order valence-corrected chi connectivity index (χ0v) is 14.7. The molecule has 0 unspecified atom stereocenters. The Morgan fingerprint density at radius 3 is 2.84 bits per heavy atom. The van der Waals surface area contributed by atoms with Crippen molar-refractivity contribution in [2.45, 2.75) is 6.92 Å². The molecule has 5 nitrogen and oxygen atoms in total. The number of likely N-dealkylation sites (N-methyl/N-ethyl adjacent to an activating group) is 1. The van der Waals surface area contributed by atoms with Crippen molar-refractivity contribution in [2.75, 3.05) is 20.2 Å². The Kier molecular flexibility index (Phi) is 4.73. The highest BCUT2D eigenvalue weighted by Gasteiger charge is 2.22. The van der Waals surface area contributed by atoms with Crippen LogP contribution in [0.4, 0.5) is 0 Å². The number of rotatable bonds is 4. The summed E-state index contributed by atoms with van der Waals surface area (Å²) in [6, 6.07) is 13.1. The predicted octanol–water partition coefficient (Wildman–Crippen LogP) is 3.44. The number of amidine groups is 1. The second-order valence-corrected chi connectivity index (χ2v) is 6.17. The van der Waals surface area contributed by atoms with Gasteiger partial charge in [-0.05, 0) is 42.3 Å². The maximum Gasteiger partial charge on any atom is 0.249 e. The second-order valence-electron chi connectivity index (χ2n) is 5.76. The summed E-state index contributed by atoms with van der Waals surface area (Å²) in [5.74, 6) is 1.18. The summed E-state index contributed by atoms with van der Waals surface area (Å²) >= 11 is 6.28. The third-order valence-corrected chi connectivity index (χ3v) is 4.49. The lowest BCUT2D eigenvalue weighted by Crippen LogP contribution is -2.31. The number of halogens is 1. The molecule has 0 N–H and O–H groups in total. The van der Waals surface area contributed by atoms with Crippen LogP contribution in [-0.4, -0.2) is 36.8 Å². The standard InChI is InChI=1S/C19H16ClN3O2/c1-12-6-17(25-11-18-22-10-19(24)23(18)2)15(8-16(12)20)14-5-3-4-13(7-14)9-21/h3-8H,10-11H2,1-2H3. The highest BCUT2D eigenvalue weighted by atomic mass is 35.5. The number of nitrogens with zero attached hydrogens (tertiary/aromatic N) is 3. The van der Waals surface area contributed by atoms with Crippen molar-refractivity contribution in [3.63, 3.8) is 0 Å². The lowest BCUT2D eigenvalue weighted by atomic mass is 10.0. The van der Waals surface area contributed by atoms with Crippen LogP contribution in [-0.2, 0) is 4.79 Å². The van der Waals surface area contributed by atoms with E-state index in [0.717, 1.165) is 16.7 Å². The van der Waals surface area contributed by atoms with Crippen molar-refractivity contribution in [3.8, 4) is 22.9 Å². The largest absolute Gasteiger partial charge is 0.485 e. The highest BCUT2D eigenvalue weighted by molar-refractivity contribution is 6.31.